The molecule has 0 aliphatic carbocycles. The van der Waals surface area contributed by atoms with Crippen LogP contribution in [0.1, 0.15) is 12.0 Å². The molecule has 4 aromatic rings. The van der Waals surface area contributed by atoms with Gasteiger partial charge in [0.1, 0.15) is 10.8 Å². The average molecular weight is 374 g/mol. The predicted molar refractivity (Wildman–Crippen MR) is 110 cm³/mol. The van der Waals surface area contributed by atoms with Crippen LogP contribution >= 0.6 is 11.3 Å². The highest BCUT2D eigenvalue weighted by atomic mass is 32.1. The van der Waals surface area contributed by atoms with Crippen LogP contribution in [-0.4, -0.2) is 16.0 Å². The zero-order valence-electron chi connectivity index (χ0n) is 14.6. The van der Waals surface area contributed by atoms with Gasteiger partial charge in [0.2, 0.25) is 5.91 Å². The van der Waals surface area contributed by atoms with E-state index in [4.69, 9.17) is 0 Å². The van der Waals surface area contributed by atoms with Crippen LogP contribution in [0.15, 0.2) is 72.8 Å². The predicted octanol–water partition coefficient (Wildman–Crippen LogP) is 5.24. The van der Waals surface area contributed by atoms with Crippen molar-refractivity contribution in [1.82, 2.24) is 4.98 Å². The molecule has 5 heteroatoms. The number of hydrogen-bond donors (Lipinski definition) is 2. The number of aromatic hydroxyl groups is 1. The highest BCUT2D eigenvalue weighted by molar-refractivity contribution is 7.21. The first-order valence-electron chi connectivity index (χ1n) is 8.71. The van der Waals surface area contributed by atoms with Crippen LogP contribution in [0.3, 0.4) is 0 Å². The number of anilines is 1. The second-order valence-corrected chi connectivity index (χ2v) is 7.31. The summed E-state index contributed by atoms with van der Waals surface area (Å²) in [6, 6.07) is 22.8. The molecule has 1 heterocycles. The summed E-state index contributed by atoms with van der Waals surface area (Å²) in [7, 11) is 0. The number of carbonyl (C=O) groups excluding carboxylic acids is 1. The van der Waals surface area contributed by atoms with Crippen molar-refractivity contribution in [3.63, 3.8) is 0 Å². The number of benzene rings is 3. The van der Waals surface area contributed by atoms with E-state index in [9.17, 15) is 9.90 Å². The van der Waals surface area contributed by atoms with Crippen molar-refractivity contribution in [2.45, 2.75) is 12.8 Å². The third kappa shape index (κ3) is 4.15. The molecule has 0 saturated heterocycles. The van der Waals surface area contributed by atoms with Crippen molar-refractivity contribution in [2.75, 3.05) is 5.32 Å². The first-order chi connectivity index (χ1) is 13.2. The summed E-state index contributed by atoms with van der Waals surface area (Å²) in [5.74, 6) is 0.244. The lowest BCUT2D eigenvalue weighted by atomic mass is 10.1. The molecule has 0 radical (unpaired) electrons. The molecule has 0 unspecified atom stereocenters. The fourth-order valence-electron chi connectivity index (χ4n) is 2.86. The number of carbonyl (C=O) groups is 1. The van der Waals surface area contributed by atoms with Crippen LogP contribution in [0.25, 0.3) is 20.8 Å². The number of aryl methyl sites for hydroxylation is 1. The topological polar surface area (TPSA) is 62.2 Å². The van der Waals surface area contributed by atoms with Gasteiger partial charge in [-0.05, 0) is 54.4 Å². The minimum Gasteiger partial charge on any atom is -0.508 e. The standard InChI is InChI=1S/C22H18N2O2S/c25-18-11-12-19-20(14-18)27-22(24-19)16-7-9-17(10-8-16)23-21(26)13-6-15-4-2-1-3-5-15/h1-5,7-12,14,25H,6,13H2,(H,23,26). The van der Waals surface area contributed by atoms with Gasteiger partial charge < -0.3 is 10.4 Å². The van der Waals surface area contributed by atoms with E-state index in [0.717, 1.165) is 38.5 Å². The molecule has 0 fully saturated rings. The van der Waals surface area contributed by atoms with Gasteiger partial charge in [-0.25, -0.2) is 4.98 Å². The zero-order chi connectivity index (χ0) is 18.6. The fourth-order valence-corrected chi connectivity index (χ4v) is 3.86. The Morgan fingerprint density at radius 1 is 1.00 bits per heavy atom. The molecule has 0 aliphatic heterocycles. The van der Waals surface area contributed by atoms with Crippen molar-refractivity contribution < 1.29 is 9.90 Å². The molecule has 134 valence electrons. The number of nitrogens with one attached hydrogen (secondary N) is 1. The number of hydrogen-bond acceptors (Lipinski definition) is 4. The lowest BCUT2D eigenvalue weighted by Gasteiger charge is -2.06. The summed E-state index contributed by atoms with van der Waals surface area (Å²) < 4.78 is 0.947. The summed E-state index contributed by atoms with van der Waals surface area (Å²) in [6.45, 7) is 0. The van der Waals surface area contributed by atoms with Crippen molar-refractivity contribution in [2.24, 2.45) is 0 Å². The number of phenols is 1. The number of aromatic nitrogens is 1. The number of amides is 1. The Labute approximate surface area is 161 Å². The highest BCUT2D eigenvalue weighted by Crippen LogP contribution is 2.32. The van der Waals surface area contributed by atoms with E-state index >= 15 is 0 Å². The van der Waals surface area contributed by atoms with Crippen molar-refractivity contribution in [1.29, 1.82) is 0 Å². The maximum atomic E-state index is 12.1. The van der Waals surface area contributed by atoms with Gasteiger partial charge >= 0.3 is 0 Å². The molecule has 0 atom stereocenters. The Kier molecular flexibility index (Phi) is 4.85. The number of nitrogens with zero attached hydrogens (tertiary/aromatic N) is 1. The summed E-state index contributed by atoms with van der Waals surface area (Å²) in [6.07, 6.45) is 1.18. The van der Waals surface area contributed by atoms with E-state index in [1.807, 2.05) is 60.7 Å². The van der Waals surface area contributed by atoms with E-state index in [1.165, 1.54) is 11.3 Å². The smallest absolute Gasteiger partial charge is 0.224 e. The molecule has 1 amide bonds. The molecule has 0 bridgehead atoms. The Morgan fingerprint density at radius 2 is 1.78 bits per heavy atom. The van der Waals surface area contributed by atoms with Gasteiger partial charge in [-0.1, -0.05) is 30.3 Å². The van der Waals surface area contributed by atoms with Crippen LogP contribution < -0.4 is 5.32 Å². The van der Waals surface area contributed by atoms with Gasteiger partial charge in [0.15, 0.2) is 0 Å². The highest BCUT2D eigenvalue weighted by Gasteiger charge is 2.08. The summed E-state index contributed by atoms with van der Waals surface area (Å²) in [4.78, 5) is 16.7. The summed E-state index contributed by atoms with van der Waals surface area (Å²) >= 11 is 1.53. The lowest BCUT2D eigenvalue weighted by Crippen LogP contribution is -2.12. The molecule has 2 N–H and O–H groups in total. The van der Waals surface area contributed by atoms with E-state index < -0.39 is 0 Å². The van der Waals surface area contributed by atoms with Crippen molar-refractivity contribution >= 4 is 33.1 Å². The van der Waals surface area contributed by atoms with Gasteiger partial charge in [0, 0.05) is 17.7 Å². The minimum atomic E-state index is 0.00191. The third-order valence-corrected chi connectivity index (χ3v) is 5.34. The molecule has 27 heavy (non-hydrogen) atoms. The second kappa shape index (κ2) is 7.60. The fraction of sp³-hybridized carbons (Fsp3) is 0.0909. The Balaban J connectivity index is 1.41. The second-order valence-electron chi connectivity index (χ2n) is 6.28. The van der Waals surface area contributed by atoms with Crippen LogP contribution in [0.4, 0.5) is 5.69 Å². The number of phenolic OH excluding ortho intramolecular Hbond substituents is 1. The van der Waals surface area contributed by atoms with Gasteiger partial charge in [-0.3, -0.25) is 4.79 Å². The van der Waals surface area contributed by atoms with Gasteiger partial charge in [-0.15, -0.1) is 11.3 Å². The maximum Gasteiger partial charge on any atom is 0.224 e. The van der Waals surface area contributed by atoms with E-state index in [0.29, 0.717) is 6.42 Å². The molecular weight excluding hydrogens is 356 g/mol. The molecular formula is C22H18N2O2S. The SMILES string of the molecule is O=C(CCc1ccccc1)Nc1ccc(-c2nc3ccc(O)cc3s2)cc1. The van der Waals surface area contributed by atoms with Crippen LogP contribution in [-0.2, 0) is 11.2 Å². The molecule has 4 rings (SSSR count). The van der Waals surface area contributed by atoms with Gasteiger partial charge in [0.05, 0.1) is 10.2 Å². The normalized spacial score (nSPS) is 10.8. The number of thiazole rings is 1. The quantitative estimate of drug-likeness (QED) is 0.502. The molecule has 0 spiro atoms. The average Bonchev–Trinajstić information content (AvgIpc) is 3.11. The Morgan fingerprint density at radius 3 is 2.56 bits per heavy atom. The molecule has 4 nitrogen and oxygen atoms in total. The largest absolute Gasteiger partial charge is 0.508 e. The Bertz CT molecular complexity index is 1070. The monoisotopic (exact) mass is 374 g/mol. The number of rotatable bonds is 5. The third-order valence-electron chi connectivity index (χ3n) is 4.27. The Hall–Kier alpha value is -3.18. The first-order valence-corrected chi connectivity index (χ1v) is 9.53. The molecule has 0 saturated carbocycles. The molecule has 1 aromatic heterocycles. The van der Waals surface area contributed by atoms with E-state index in [2.05, 4.69) is 10.3 Å². The number of fused-ring (bicyclic) bond motifs is 1. The first kappa shape index (κ1) is 17.2. The van der Waals surface area contributed by atoms with E-state index in [-0.39, 0.29) is 11.7 Å². The van der Waals surface area contributed by atoms with Crippen molar-refractivity contribution in [3.8, 4) is 16.3 Å². The molecule has 3 aromatic carbocycles. The van der Waals surface area contributed by atoms with Crippen LogP contribution in [0.5, 0.6) is 5.75 Å². The van der Waals surface area contributed by atoms with Crippen LogP contribution in [0, 0.1) is 0 Å². The maximum absolute atomic E-state index is 12.1. The summed E-state index contributed by atoms with van der Waals surface area (Å²) in [5, 5.41) is 13.4. The zero-order valence-corrected chi connectivity index (χ0v) is 15.4. The van der Waals surface area contributed by atoms with Gasteiger partial charge in [-0.2, -0.15) is 0 Å². The lowest BCUT2D eigenvalue weighted by molar-refractivity contribution is -0.116. The van der Waals surface area contributed by atoms with E-state index in [1.54, 1.807) is 12.1 Å². The van der Waals surface area contributed by atoms with Crippen LogP contribution in [0.2, 0.25) is 0 Å². The van der Waals surface area contributed by atoms with Crippen molar-refractivity contribution in [3.05, 3.63) is 78.4 Å². The summed E-state index contributed by atoms with van der Waals surface area (Å²) in [5.41, 5.74) is 3.78. The van der Waals surface area contributed by atoms with Gasteiger partial charge in [0.25, 0.3) is 0 Å². The molecule has 0 aliphatic rings. The minimum absolute atomic E-state index is 0.00191.